The van der Waals surface area contributed by atoms with Gasteiger partial charge in [0.15, 0.2) is 0 Å². The molecular weight excluding hydrogens is 483 g/mol. The maximum Gasteiger partial charge on any atom is 0.319 e. The number of hydrogen-bond donors (Lipinski definition) is 2. The van der Waals surface area contributed by atoms with E-state index in [1.807, 2.05) is 45.3 Å². The van der Waals surface area contributed by atoms with E-state index in [0.717, 1.165) is 55.2 Å². The molecule has 0 aliphatic carbocycles. The Kier molecular flexibility index (Phi) is 7.85. The summed E-state index contributed by atoms with van der Waals surface area (Å²) in [5.74, 6) is 0.796. The Morgan fingerprint density at radius 2 is 1.97 bits per heavy atom. The fourth-order valence-corrected chi connectivity index (χ4v) is 5.31. The van der Waals surface area contributed by atoms with E-state index in [4.69, 9.17) is 14.7 Å². The van der Waals surface area contributed by atoms with Crippen LogP contribution in [0.25, 0.3) is 23.3 Å². The number of aliphatic imine (C=N–C) groups is 1. The third-order valence-electron chi connectivity index (χ3n) is 7.16. The fraction of sp³-hybridized carbons (Fsp3) is 0.414. The van der Waals surface area contributed by atoms with Crippen molar-refractivity contribution in [2.75, 3.05) is 45.2 Å². The van der Waals surface area contributed by atoms with Gasteiger partial charge in [-0.3, -0.25) is 4.99 Å². The monoisotopic (exact) mass is 518 g/mol. The number of nitrogens with zero attached hydrogens (tertiary/aromatic N) is 5. The lowest BCUT2D eigenvalue weighted by atomic mass is 10.0. The Morgan fingerprint density at radius 3 is 2.71 bits per heavy atom. The highest BCUT2D eigenvalue weighted by molar-refractivity contribution is 6.11. The van der Waals surface area contributed by atoms with Crippen molar-refractivity contribution in [1.29, 1.82) is 0 Å². The predicted molar refractivity (Wildman–Crippen MR) is 150 cm³/mol. The van der Waals surface area contributed by atoms with Gasteiger partial charge in [-0.1, -0.05) is 24.3 Å². The molecule has 2 aromatic carbocycles. The molecule has 2 unspecified atom stereocenters. The number of rotatable bonds is 8. The second-order valence-corrected chi connectivity index (χ2v) is 10.3. The van der Waals surface area contributed by atoms with Crippen molar-refractivity contribution in [3.05, 3.63) is 52.5 Å². The zero-order valence-corrected chi connectivity index (χ0v) is 22.2. The first-order valence-electron chi connectivity index (χ1n) is 13.1. The summed E-state index contributed by atoms with van der Waals surface area (Å²) in [6.45, 7) is 4.76. The van der Waals surface area contributed by atoms with Crippen molar-refractivity contribution >= 4 is 34.8 Å². The lowest BCUT2D eigenvalue weighted by molar-refractivity contribution is 0.263. The second kappa shape index (κ2) is 11.4. The fourth-order valence-electron chi connectivity index (χ4n) is 5.31. The van der Waals surface area contributed by atoms with Crippen LogP contribution in [0.2, 0.25) is 0 Å². The van der Waals surface area contributed by atoms with Gasteiger partial charge in [-0.05, 0) is 63.2 Å². The molecule has 0 spiro atoms. The van der Waals surface area contributed by atoms with Crippen LogP contribution in [0.1, 0.15) is 31.7 Å². The Bertz CT molecular complexity index is 1450. The summed E-state index contributed by atoms with van der Waals surface area (Å²) in [5, 5.41) is 16.5. The number of aromatic hydroxyl groups is 1. The number of fused-ring (bicyclic) bond motifs is 3. The molecule has 2 saturated heterocycles. The smallest absolute Gasteiger partial charge is 0.319 e. The van der Waals surface area contributed by atoms with Crippen molar-refractivity contribution in [1.82, 2.24) is 20.2 Å². The van der Waals surface area contributed by atoms with Gasteiger partial charge in [0.05, 0.1) is 11.8 Å². The Labute approximate surface area is 222 Å². The number of aromatic nitrogens is 2. The first-order valence-corrected chi connectivity index (χ1v) is 13.1. The van der Waals surface area contributed by atoms with Gasteiger partial charge in [0.1, 0.15) is 23.2 Å². The molecule has 3 aromatic rings. The van der Waals surface area contributed by atoms with E-state index in [1.165, 1.54) is 0 Å². The third-order valence-corrected chi connectivity index (χ3v) is 7.16. The van der Waals surface area contributed by atoms with Gasteiger partial charge < -0.3 is 25.0 Å². The van der Waals surface area contributed by atoms with E-state index in [1.54, 1.807) is 18.3 Å². The lowest BCUT2D eigenvalue weighted by Crippen LogP contribution is -2.53. The van der Waals surface area contributed by atoms with Crippen LogP contribution in [0.3, 0.4) is 0 Å². The van der Waals surface area contributed by atoms with E-state index < -0.39 is 0 Å². The van der Waals surface area contributed by atoms with Crippen molar-refractivity contribution in [2.45, 2.75) is 38.3 Å². The molecule has 5 rings (SSSR count). The van der Waals surface area contributed by atoms with Crippen LogP contribution in [0.5, 0.6) is 11.8 Å². The maximum absolute atomic E-state index is 14.3. The number of piperazine rings is 1. The molecule has 2 fully saturated rings. The van der Waals surface area contributed by atoms with Crippen LogP contribution >= 0.6 is 0 Å². The van der Waals surface area contributed by atoms with Crippen LogP contribution in [-0.4, -0.2) is 78.1 Å². The van der Waals surface area contributed by atoms with Crippen molar-refractivity contribution in [3.8, 4) is 11.8 Å². The van der Waals surface area contributed by atoms with Crippen molar-refractivity contribution in [3.63, 3.8) is 0 Å². The third kappa shape index (κ3) is 5.79. The molecule has 2 N–H and O–H groups in total. The summed E-state index contributed by atoms with van der Waals surface area (Å²) < 4.78 is 20.1. The highest BCUT2D eigenvalue weighted by Gasteiger charge is 2.33. The summed E-state index contributed by atoms with van der Waals surface area (Å²) >= 11 is 0. The van der Waals surface area contributed by atoms with Crippen molar-refractivity contribution < 1.29 is 14.2 Å². The largest absolute Gasteiger partial charge is 0.508 e. The first-order chi connectivity index (χ1) is 18.4. The highest BCUT2D eigenvalue weighted by Crippen LogP contribution is 2.26. The molecule has 0 saturated carbocycles. The number of halogens is 1. The summed E-state index contributed by atoms with van der Waals surface area (Å²) in [6, 6.07) is 12.2. The van der Waals surface area contributed by atoms with Crippen LogP contribution in [0.15, 0.2) is 41.4 Å². The minimum Gasteiger partial charge on any atom is -0.508 e. The van der Waals surface area contributed by atoms with Gasteiger partial charge in [-0.15, -0.1) is 0 Å². The van der Waals surface area contributed by atoms with Gasteiger partial charge in [-0.25, -0.2) is 4.39 Å². The van der Waals surface area contributed by atoms with Gasteiger partial charge in [0.25, 0.3) is 0 Å². The minimum atomic E-state index is 0.140. The molecule has 2 atom stereocenters. The van der Waals surface area contributed by atoms with Crippen LogP contribution in [-0.2, 0) is 0 Å². The SMILES string of the molecule is CC(=N/C=c1/c(N2CC3CCC(C2)N3)nc(OCCCN(C)C)n/c1=C\F)c1cc(O)cc2ccccc12. The Hall–Kier alpha value is -3.56. The first kappa shape index (κ1) is 26.1. The van der Waals surface area contributed by atoms with Gasteiger partial charge in [-0.2, -0.15) is 9.97 Å². The van der Waals surface area contributed by atoms with E-state index >= 15 is 0 Å². The molecular formula is C29H35FN6O2. The minimum absolute atomic E-state index is 0.140. The van der Waals surface area contributed by atoms with E-state index in [9.17, 15) is 9.50 Å². The van der Waals surface area contributed by atoms with Crippen molar-refractivity contribution in [2.24, 2.45) is 4.99 Å². The molecule has 1 aromatic heterocycles. The molecule has 3 heterocycles. The number of phenols is 1. The summed E-state index contributed by atoms with van der Waals surface area (Å²) in [7, 11) is 4.02. The molecule has 0 radical (unpaired) electrons. The number of ether oxygens (including phenoxy) is 1. The lowest BCUT2D eigenvalue weighted by Gasteiger charge is -2.34. The number of phenolic OH excluding ortho intramolecular Hbond substituents is 1. The molecule has 9 heteroatoms. The predicted octanol–water partition coefficient (Wildman–Crippen LogP) is 2.56. The van der Waals surface area contributed by atoms with Crippen LogP contribution < -0.4 is 25.5 Å². The molecule has 2 aliphatic heterocycles. The molecule has 38 heavy (non-hydrogen) atoms. The Morgan fingerprint density at radius 1 is 1.21 bits per heavy atom. The molecule has 2 bridgehead atoms. The number of benzene rings is 2. The summed E-state index contributed by atoms with van der Waals surface area (Å²) in [5.41, 5.74) is 1.50. The highest BCUT2D eigenvalue weighted by atomic mass is 19.1. The van der Waals surface area contributed by atoms with Gasteiger partial charge in [0, 0.05) is 49.2 Å². The zero-order valence-electron chi connectivity index (χ0n) is 22.2. The molecule has 200 valence electrons. The van der Waals surface area contributed by atoms with E-state index in [0.29, 0.717) is 41.8 Å². The number of nitrogens with one attached hydrogen (secondary N) is 1. The molecule has 0 amide bonds. The average molecular weight is 519 g/mol. The standard InChI is InChI=1S/C29H35FN6O2/c1-19(25-14-23(37)13-20-7-4-5-8-24(20)25)31-16-26-27(15-30)33-29(38-12-6-11-35(2)3)34-28(26)36-17-21-9-10-22(18-36)32-21/h4-5,7-8,13-16,21-22,32,37H,6,9-12,17-18H2,1-3H3/b26-16+,27-15-,31-19?. The molecule has 8 nitrogen and oxygen atoms in total. The van der Waals surface area contributed by atoms with Crippen LogP contribution in [0, 0.1) is 0 Å². The second-order valence-electron chi connectivity index (χ2n) is 10.3. The number of anilines is 1. The maximum atomic E-state index is 14.3. The van der Waals surface area contributed by atoms with E-state index in [-0.39, 0.29) is 17.1 Å². The Balaban J connectivity index is 1.56. The topological polar surface area (TPSA) is 86.1 Å². The quantitative estimate of drug-likeness (QED) is 0.350. The zero-order chi connectivity index (χ0) is 26.6. The molecule has 2 aliphatic rings. The van der Waals surface area contributed by atoms with E-state index in [2.05, 4.69) is 20.1 Å². The normalized spacial score (nSPS) is 20.7. The summed E-state index contributed by atoms with van der Waals surface area (Å²) in [4.78, 5) is 18.1. The average Bonchev–Trinajstić information content (AvgIpc) is 3.25. The van der Waals surface area contributed by atoms with Gasteiger partial charge in [0.2, 0.25) is 0 Å². The van der Waals surface area contributed by atoms with Crippen LogP contribution in [0.4, 0.5) is 10.2 Å². The summed E-state index contributed by atoms with van der Waals surface area (Å²) in [6.07, 6.45) is 5.17. The number of hydrogen-bond acceptors (Lipinski definition) is 8. The van der Waals surface area contributed by atoms with Gasteiger partial charge >= 0.3 is 6.01 Å².